The molecule has 4 nitrogen and oxygen atoms in total. The Labute approximate surface area is 91.6 Å². The van der Waals surface area contributed by atoms with E-state index in [2.05, 4.69) is 12.2 Å². The average molecular weight is 214 g/mol. The molecule has 4 heteroatoms. The molecule has 1 saturated heterocycles. The lowest BCUT2D eigenvalue weighted by Crippen LogP contribution is -2.57. The van der Waals surface area contributed by atoms with Crippen LogP contribution in [0.4, 0.5) is 4.79 Å². The fraction of sp³-hybridized carbons (Fsp3) is 0.909. The summed E-state index contributed by atoms with van der Waals surface area (Å²) in [6.45, 7) is 9.75. The van der Waals surface area contributed by atoms with Gasteiger partial charge in [-0.2, -0.15) is 0 Å². The minimum atomic E-state index is -0.816. The third kappa shape index (κ3) is 3.09. The van der Waals surface area contributed by atoms with Crippen molar-refractivity contribution in [3.63, 3.8) is 0 Å². The van der Waals surface area contributed by atoms with E-state index in [1.807, 2.05) is 20.8 Å². The van der Waals surface area contributed by atoms with Crippen LogP contribution in [0, 0.1) is 5.92 Å². The fourth-order valence-electron chi connectivity index (χ4n) is 2.32. The second-order valence-electron chi connectivity index (χ2n) is 5.48. The topological polar surface area (TPSA) is 52.6 Å². The van der Waals surface area contributed by atoms with Gasteiger partial charge >= 0.3 is 6.09 Å². The first kappa shape index (κ1) is 12.3. The molecule has 0 unspecified atom stereocenters. The summed E-state index contributed by atoms with van der Waals surface area (Å²) in [6.07, 6.45) is 0.139. The minimum absolute atomic E-state index is 0.103. The van der Waals surface area contributed by atoms with Crippen LogP contribution in [-0.2, 0) is 0 Å². The van der Waals surface area contributed by atoms with E-state index >= 15 is 0 Å². The molecule has 0 radical (unpaired) electrons. The monoisotopic (exact) mass is 214 g/mol. The van der Waals surface area contributed by atoms with Crippen molar-refractivity contribution in [2.75, 3.05) is 13.1 Å². The highest BCUT2D eigenvalue weighted by atomic mass is 16.4. The number of amides is 1. The van der Waals surface area contributed by atoms with Crippen molar-refractivity contribution >= 4 is 6.09 Å². The molecule has 15 heavy (non-hydrogen) atoms. The number of hydrogen-bond acceptors (Lipinski definition) is 2. The first-order valence-electron chi connectivity index (χ1n) is 5.55. The first-order chi connectivity index (χ1) is 6.82. The van der Waals surface area contributed by atoms with Crippen LogP contribution in [0.25, 0.3) is 0 Å². The van der Waals surface area contributed by atoms with Crippen molar-refractivity contribution in [1.29, 1.82) is 0 Å². The van der Waals surface area contributed by atoms with Crippen LogP contribution in [0.3, 0.4) is 0 Å². The summed E-state index contributed by atoms with van der Waals surface area (Å²) >= 11 is 0. The molecule has 88 valence electrons. The fourth-order valence-corrected chi connectivity index (χ4v) is 2.32. The molecule has 0 aliphatic carbocycles. The van der Waals surface area contributed by atoms with Gasteiger partial charge in [-0.15, -0.1) is 0 Å². The lowest BCUT2D eigenvalue weighted by molar-refractivity contribution is 0.0544. The Kier molecular flexibility index (Phi) is 3.60. The van der Waals surface area contributed by atoms with Gasteiger partial charge in [0.05, 0.1) is 0 Å². The van der Waals surface area contributed by atoms with Crippen LogP contribution >= 0.6 is 0 Å². The Morgan fingerprint density at radius 3 is 2.40 bits per heavy atom. The third-order valence-electron chi connectivity index (χ3n) is 2.84. The van der Waals surface area contributed by atoms with E-state index in [1.165, 1.54) is 0 Å². The zero-order chi connectivity index (χ0) is 11.6. The second-order valence-corrected chi connectivity index (χ2v) is 5.48. The van der Waals surface area contributed by atoms with E-state index in [0.717, 1.165) is 19.5 Å². The van der Waals surface area contributed by atoms with Crippen molar-refractivity contribution in [2.24, 2.45) is 5.92 Å². The summed E-state index contributed by atoms with van der Waals surface area (Å²) in [4.78, 5) is 12.8. The Balaban J connectivity index is 2.76. The molecule has 0 aromatic rings. The number of piperidine rings is 1. The molecule has 1 heterocycles. The van der Waals surface area contributed by atoms with Crippen molar-refractivity contribution in [2.45, 2.75) is 45.7 Å². The standard InChI is InChI=1S/C11H22N2O2/c1-8-5-9(7-12-6-8)13(10(14)15)11(2,3)4/h8-9,12H,5-7H2,1-4H3,(H,14,15)/t8-,9+/m0/s1. The minimum Gasteiger partial charge on any atom is -0.465 e. The van der Waals surface area contributed by atoms with E-state index in [1.54, 1.807) is 4.90 Å². The number of nitrogens with one attached hydrogen (secondary N) is 1. The molecular formula is C11H22N2O2. The number of carbonyl (C=O) groups is 1. The average Bonchev–Trinajstić information content (AvgIpc) is 1.99. The zero-order valence-corrected chi connectivity index (χ0v) is 10.1. The van der Waals surface area contributed by atoms with Gasteiger partial charge in [0, 0.05) is 18.1 Å². The summed E-state index contributed by atoms with van der Waals surface area (Å²) in [5.41, 5.74) is -0.324. The molecule has 1 aliphatic heterocycles. The van der Waals surface area contributed by atoms with Crippen molar-refractivity contribution in [3.05, 3.63) is 0 Å². The number of nitrogens with zero attached hydrogens (tertiary/aromatic N) is 1. The number of hydrogen-bond donors (Lipinski definition) is 2. The summed E-state index contributed by atoms with van der Waals surface area (Å²) in [5, 5.41) is 12.5. The van der Waals surface area contributed by atoms with Crippen LogP contribution in [0.15, 0.2) is 0 Å². The molecule has 1 amide bonds. The molecule has 2 N–H and O–H groups in total. The van der Waals surface area contributed by atoms with Crippen LogP contribution in [0.5, 0.6) is 0 Å². The summed E-state index contributed by atoms with van der Waals surface area (Å²) < 4.78 is 0. The Morgan fingerprint density at radius 1 is 1.40 bits per heavy atom. The Hall–Kier alpha value is -0.770. The molecule has 0 aromatic carbocycles. The van der Waals surface area contributed by atoms with Gasteiger partial charge < -0.3 is 10.4 Å². The normalized spacial score (nSPS) is 27.5. The predicted molar refractivity (Wildman–Crippen MR) is 60.1 cm³/mol. The second kappa shape index (κ2) is 4.39. The maximum Gasteiger partial charge on any atom is 0.408 e. The Morgan fingerprint density at radius 2 is 2.00 bits per heavy atom. The highest BCUT2D eigenvalue weighted by Gasteiger charge is 2.35. The van der Waals surface area contributed by atoms with E-state index in [4.69, 9.17) is 0 Å². The highest BCUT2D eigenvalue weighted by Crippen LogP contribution is 2.23. The van der Waals surface area contributed by atoms with E-state index in [-0.39, 0.29) is 11.6 Å². The van der Waals surface area contributed by atoms with Gasteiger partial charge in [-0.05, 0) is 39.7 Å². The van der Waals surface area contributed by atoms with Crippen LogP contribution in [-0.4, -0.2) is 40.8 Å². The van der Waals surface area contributed by atoms with Gasteiger partial charge in [-0.1, -0.05) is 6.92 Å². The molecule has 2 atom stereocenters. The molecule has 1 fully saturated rings. The maximum atomic E-state index is 11.3. The first-order valence-corrected chi connectivity index (χ1v) is 5.55. The molecule has 1 aliphatic rings. The molecular weight excluding hydrogens is 192 g/mol. The number of carboxylic acid groups (broad SMARTS) is 1. The van der Waals surface area contributed by atoms with E-state index in [9.17, 15) is 9.90 Å². The Bertz CT molecular complexity index is 235. The summed E-state index contributed by atoms with van der Waals surface area (Å²) in [6, 6.07) is 0.103. The van der Waals surface area contributed by atoms with Gasteiger partial charge in [0.15, 0.2) is 0 Å². The predicted octanol–water partition coefficient (Wildman–Crippen LogP) is 1.76. The molecule has 0 bridgehead atoms. The zero-order valence-electron chi connectivity index (χ0n) is 10.1. The van der Waals surface area contributed by atoms with E-state index < -0.39 is 6.09 Å². The molecule has 1 rings (SSSR count). The van der Waals surface area contributed by atoms with Crippen molar-refractivity contribution < 1.29 is 9.90 Å². The summed E-state index contributed by atoms with van der Waals surface area (Å²) in [7, 11) is 0. The smallest absolute Gasteiger partial charge is 0.408 e. The molecule has 0 spiro atoms. The van der Waals surface area contributed by atoms with Crippen LogP contribution < -0.4 is 5.32 Å². The van der Waals surface area contributed by atoms with Gasteiger partial charge in [-0.3, -0.25) is 4.90 Å². The quantitative estimate of drug-likeness (QED) is 0.699. The van der Waals surface area contributed by atoms with Gasteiger partial charge in [0.2, 0.25) is 0 Å². The highest BCUT2D eigenvalue weighted by molar-refractivity contribution is 5.66. The SMILES string of the molecule is C[C@@H]1CNC[C@H](N(C(=O)O)C(C)(C)C)C1. The van der Waals surface area contributed by atoms with Gasteiger partial charge in [-0.25, -0.2) is 4.79 Å². The lowest BCUT2D eigenvalue weighted by Gasteiger charge is -2.42. The van der Waals surface area contributed by atoms with Crippen LogP contribution in [0.2, 0.25) is 0 Å². The van der Waals surface area contributed by atoms with Crippen LogP contribution in [0.1, 0.15) is 34.1 Å². The van der Waals surface area contributed by atoms with Crippen molar-refractivity contribution in [3.8, 4) is 0 Å². The molecule has 0 aromatic heterocycles. The summed E-state index contributed by atoms with van der Waals surface area (Å²) in [5.74, 6) is 0.549. The largest absolute Gasteiger partial charge is 0.465 e. The molecule has 0 saturated carbocycles. The van der Waals surface area contributed by atoms with Gasteiger partial charge in [0.1, 0.15) is 0 Å². The lowest BCUT2D eigenvalue weighted by atomic mass is 9.93. The van der Waals surface area contributed by atoms with Gasteiger partial charge in [0.25, 0.3) is 0 Å². The van der Waals surface area contributed by atoms with Crippen molar-refractivity contribution in [1.82, 2.24) is 10.2 Å². The van der Waals surface area contributed by atoms with E-state index in [0.29, 0.717) is 5.92 Å². The number of rotatable bonds is 1. The maximum absolute atomic E-state index is 11.3. The third-order valence-corrected chi connectivity index (χ3v) is 2.84.